The second kappa shape index (κ2) is 5.90. The van der Waals surface area contributed by atoms with Crippen molar-refractivity contribution in [2.24, 2.45) is 5.73 Å². The molecule has 110 valence electrons. The van der Waals surface area contributed by atoms with Gasteiger partial charge in [-0.15, -0.1) is 0 Å². The topological polar surface area (TPSA) is 35.2 Å². The number of nitrogens with two attached hydrogens (primary N) is 1. The Bertz CT molecular complexity index is 618. The number of hydrogen-bond donors (Lipinski definition) is 1. The SMILES string of the molecule is Cc1ccc(C(N)C(C)Oc2ccc3c(c2)CCC3)cc1. The zero-order valence-electron chi connectivity index (χ0n) is 12.8. The molecule has 0 spiro atoms. The zero-order valence-corrected chi connectivity index (χ0v) is 12.8. The van der Waals surface area contributed by atoms with Crippen LogP contribution < -0.4 is 10.5 Å². The molecule has 3 rings (SSSR count). The molecule has 2 aromatic carbocycles. The predicted octanol–water partition coefficient (Wildman–Crippen LogP) is 3.95. The van der Waals surface area contributed by atoms with E-state index in [0.29, 0.717) is 0 Å². The molecule has 2 nitrogen and oxygen atoms in total. The first-order valence-electron chi connectivity index (χ1n) is 7.74. The van der Waals surface area contributed by atoms with Gasteiger partial charge < -0.3 is 10.5 Å². The maximum Gasteiger partial charge on any atom is 0.120 e. The van der Waals surface area contributed by atoms with E-state index >= 15 is 0 Å². The molecule has 1 aliphatic rings. The van der Waals surface area contributed by atoms with Crippen molar-refractivity contribution in [2.75, 3.05) is 0 Å². The second-order valence-electron chi connectivity index (χ2n) is 6.04. The number of ether oxygens (including phenoxy) is 1. The maximum atomic E-state index is 6.32. The minimum Gasteiger partial charge on any atom is -0.489 e. The van der Waals surface area contributed by atoms with Crippen molar-refractivity contribution >= 4 is 0 Å². The molecular weight excluding hydrogens is 258 g/mol. The van der Waals surface area contributed by atoms with Gasteiger partial charge in [-0.25, -0.2) is 0 Å². The van der Waals surface area contributed by atoms with Gasteiger partial charge in [-0.2, -0.15) is 0 Å². The molecule has 1 aliphatic carbocycles. The Balaban J connectivity index is 1.70. The fraction of sp³-hybridized carbons (Fsp3) is 0.368. The normalized spacial score (nSPS) is 16.3. The van der Waals surface area contributed by atoms with Gasteiger partial charge in [0.25, 0.3) is 0 Å². The van der Waals surface area contributed by atoms with E-state index in [9.17, 15) is 0 Å². The van der Waals surface area contributed by atoms with Crippen LogP contribution >= 0.6 is 0 Å². The van der Waals surface area contributed by atoms with E-state index in [1.54, 1.807) is 0 Å². The molecule has 0 saturated heterocycles. The molecule has 21 heavy (non-hydrogen) atoms. The minimum absolute atomic E-state index is 0.0489. The van der Waals surface area contributed by atoms with Crippen LogP contribution in [-0.2, 0) is 12.8 Å². The largest absolute Gasteiger partial charge is 0.489 e. The van der Waals surface area contributed by atoms with Crippen LogP contribution in [0.4, 0.5) is 0 Å². The summed E-state index contributed by atoms with van der Waals surface area (Å²) in [5.41, 5.74) is 11.6. The van der Waals surface area contributed by atoms with E-state index in [-0.39, 0.29) is 12.1 Å². The van der Waals surface area contributed by atoms with Crippen molar-refractivity contribution in [3.8, 4) is 5.75 Å². The zero-order chi connectivity index (χ0) is 14.8. The molecule has 0 heterocycles. The van der Waals surface area contributed by atoms with Gasteiger partial charge in [0, 0.05) is 0 Å². The van der Waals surface area contributed by atoms with Crippen LogP contribution in [0.1, 0.15) is 41.6 Å². The van der Waals surface area contributed by atoms with Gasteiger partial charge in [-0.3, -0.25) is 0 Å². The van der Waals surface area contributed by atoms with Gasteiger partial charge in [0.05, 0.1) is 6.04 Å². The molecule has 2 unspecified atom stereocenters. The number of hydrogen-bond acceptors (Lipinski definition) is 2. The highest BCUT2D eigenvalue weighted by Gasteiger charge is 2.18. The van der Waals surface area contributed by atoms with Gasteiger partial charge in [-0.05, 0) is 61.9 Å². The molecule has 2 heteroatoms. The van der Waals surface area contributed by atoms with Crippen LogP contribution in [0.25, 0.3) is 0 Å². The first kappa shape index (κ1) is 14.2. The van der Waals surface area contributed by atoms with Crippen LogP contribution in [0.2, 0.25) is 0 Å². The van der Waals surface area contributed by atoms with Crippen LogP contribution in [0, 0.1) is 6.92 Å². The van der Waals surface area contributed by atoms with E-state index < -0.39 is 0 Å². The third-order valence-corrected chi connectivity index (χ3v) is 4.36. The van der Waals surface area contributed by atoms with Crippen molar-refractivity contribution in [1.29, 1.82) is 0 Å². The van der Waals surface area contributed by atoms with Crippen molar-refractivity contribution < 1.29 is 4.74 Å². The fourth-order valence-electron chi connectivity index (χ4n) is 2.97. The fourth-order valence-corrected chi connectivity index (χ4v) is 2.97. The summed E-state index contributed by atoms with van der Waals surface area (Å²) in [6, 6.07) is 14.7. The Morgan fingerprint density at radius 1 is 1.00 bits per heavy atom. The molecule has 0 bridgehead atoms. The number of aryl methyl sites for hydroxylation is 3. The van der Waals surface area contributed by atoms with Gasteiger partial charge in [0.15, 0.2) is 0 Å². The first-order valence-corrected chi connectivity index (χ1v) is 7.74. The van der Waals surface area contributed by atoms with Gasteiger partial charge in [0.1, 0.15) is 11.9 Å². The Hall–Kier alpha value is -1.80. The Morgan fingerprint density at radius 2 is 1.71 bits per heavy atom. The highest BCUT2D eigenvalue weighted by molar-refractivity contribution is 5.38. The monoisotopic (exact) mass is 281 g/mol. The summed E-state index contributed by atoms with van der Waals surface area (Å²) in [5.74, 6) is 0.936. The third kappa shape index (κ3) is 3.11. The predicted molar refractivity (Wildman–Crippen MR) is 86.7 cm³/mol. The quantitative estimate of drug-likeness (QED) is 0.921. The average Bonchev–Trinajstić information content (AvgIpc) is 2.95. The van der Waals surface area contributed by atoms with Crippen molar-refractivity contribution in [3.05, 3.63) is 64.7 Å². The number of benzene rings is 2. The van der Waals surface area contributed by atoms with Crippen LogP contribution in [-0.4, -0.2) is 6.10 Å². The highest BCUT2D eigenvalue weighted by atomic mass is 16.5. The molecular formula is C19H23NO. The van der Waals surface area contributed by atoms with E-state index in [4.69, 9.17) is 10.5 Å². The molecule has 0 aromatic heterocycles. The second-order valence-corrected chi connectivity index (χ2v) is 6.04. The minimum atomic E-state index is -0.112. The Morgan fingerprint density at radius 3 is 2.48 bits per heavy atom. The molecule has 2 atom stereocenters. The third-order valence-electron chi connectivity index (χ3n) is 4.36. The van der Waals surface area contributed by atoms with E-state index in [2.05, 4.69) is 49.4 Å². The smallest absolute Gasteiger partial charge is 0.120 e. The molecule has 0 radical (unpaired) electrons. The molecule has 0 amide bonds. The summed E-state index contributed by atoms with van der Waals surface area (Å²) in [6.07, 6.45) is 3.59. The van der Waals surface area contributed by atoms with Gasteiger partial charge >= 0.3 is 0 Å². The molecule has 0 saturated carbocycles. The maximum absolute atomic E-state index is 6.32. The average molecular weight is 281 g/mol. The lowest BCUT2D eigenvalue weighted by Gasteiger charge is -2.22. The van der Waals surface area contributed by atoms with Gasteiger partial charge in [-0.1, -0.05) is 35.9 Å². The summed E-state index contributed by atoms with van der Waals surface area (Å²) in [5, 5.41) is 0. The molecule has 0 aliphatic heterocycles. The number of rotatable bonds is 4. The lowest BCUT2D eigenvalue weighted by molar-refractivity contribution is 0.190. The summed E-state index contributed by atoms with van der Waals surface area (Å²) in [7, 11) is 0. The Labute approximate surface area is 126 Å². The van der Waals surface area contributed by atoms with E-state index in [1.165, 1.54) is 36.0 Å². The van der Waals surface area contributed by atoms with Crippen molar-refractivity contribution in [1.82, 2.24) is 0 Å². The lowest BCUT2D eigenvalue weighted by Crippen LogP contribution is -2.28. The van der Waals surface area contributed by atoms with Crippen molar-refractivity contribution in [3.63, 3.8) is 0 Å². The summed E-state index contributed by atoms with van der Waals surface area (Å²) >= 11 is 0. The van der Waals surface area contributed by atoms with E-state index in [1.807, 2.05) is 6.92 Å². The van der Waals surface area contributed by atoms with Crippen LogP contribution in [0.15, 0.2) is 42.5 Å². The summed E-state index contributed by atoms with van der Waals surface area (Å²) in [6.45, 7) is 4.12. The van der Waals surface area contributed by atoms with Crippen LogP contribution in [0.3, 0.4) is 0 Å². The van der Waals surface area contributed by atoms with E-state index in [0.717, 1.165) is 11.3 Å². The first-order chi connectivity index (χ1) is 10.1. The van der Waals surface area contributed by atoms with Gasteiger partial charge in [0.2, 0.25) is 0 Å². The standard InChI is InChI=1S/C19H23NO/c1-13-6-8-16(9-7-13)19(20)14(2)21-18-11-10-15-4-3-5-17(15)12-18/h6-12,14,19H,3-5,20H2,1-2H3. The van der Waals surface area contributed by atoms with Crippen LogP contribution in [0.5, 0.6) is 5.75 Å². The van der Waals surface area contributed by atoms with Crippen molar-refractivity contribution in [2.45, 2.75) is 45.3 Å². The molecule has 2 aromatic rings. The number of fused-ring (bicyclic) bond motifs is 1. The molecule has 0 fully saturated rings. The summed E-state index contributed by atoms with van der Waals surface area (Å²) in [4.78, 5) is 0. The highest BCUT2D eigenvalue weighted by Crippen LogP contribution is 2.28. The molecule has 2 N–H and O–H groups in total. The lowest BCUT2D eigenvalue weighted by atomic mass is 10.0. The summed E-state index contributed by atoms with van der Waals surface area (Å²) < 4.78 is 6.06. The Kier molecular flexibility index (Phi) is 3.98.